The Labute approximate surface area is 151 Å². The summed E-state index contributed by atoms with van der Waals surface area (Å²) in [5.74, 6) is -0.956. The molecule has 0 bridgehead atoms. The van der Waals surface area contributed by atoms with E-state index >= 15 is 0 Å². The summed E-state index contributed by atoms with van der Waals surface area (Å²) < 4.78 is 6.63. The van der Waals surface area contributed by atoms with Crippen LogP contribution in [0.3, 0.4) is 0 Å². The zero-order valence-corrected chi connectivity index (χ0v) is 14.9. The number of rotatable bonds is 4. The van der Waals surface area contributed by atoms with Crippen LogP contribution < -0.4 is 4.74 Å². The second kappa shape index (κ2) is 6.42. The molecular formula is C17H14ClNO5S. The van der Waals surface area contributed by atoms with Gasteiger partial charge in [0.1, 0.15) is 5.75 Å². The van der Waals surface area contributed by atoms with Gasteiger partial charge in [0.25, 0.3) is 5.91 Å². The van der Waals surface area contributed by atoms with Crippen molar-refractivity contribution in [1.82, 2.24) is 4.57 Å². The smallest absolute Gasteiger partial charge is 0.307 e. The van der Waals surface area contributed by atoms with Gasteiger partial charge in [-0.3, -0.25) is 14.2 Å². The molecule has 0 aliphatic rings. The number of aromatic nitrogens is 1. The van der Waals surface area contributed by atoms with Gasteiger partial charge in [0, 0.05) is 11.1 Å². The van der Waals surface area contributed by atoms with Gasteiger partial charge in [-0.05, 0) is 36.8 Å². The summed E-state index contributed by atoms with van der Waals surface area (Å²) in [6.07, 6.45) is -0.233. The fourth-order valence-electron chi connectivity index (χ4n) is 2.83. The molecule has 6 nitrogen and oxygen atoms in total. The number of carboxylic acids is 1. The second-order valence-electron chi connectivity index (χ2n) is 5.42. The highest BCUT2D eigenvalue weighted by Crippen LogP contribution is 2.36. The van der Waals surface area contributed by atoms with Gasteiger partial charge in [0.15, 0.2) is 5.06 Å². The van der Waals surface area contributed by atoms with Crippen LogP contribution in [0.2, 0.25) is 5.02 Å². The van der Waals surface area contributed by atoms with Crippen LogP contribution in [0.25, 0.3) is 10.9 Å². The van der Waals surface area contributed by atoms with E-state index in [1.54, 1.807) is 19.1 Å². The normalized spacial score (nSPS) is 11.0. The third-order valence-electron chi connectivity index (χ3n) is 3.94. The summed E-state index contributed by atoms with van der Waals surface area (Å²) in [5.41, 5.74) is 1.53. The zero-order chi connectivity index (χ0) is 18.3. The molecule has 3 aromatic rings. The number of thiophene rings is 1. The van der Waals surface area contributed by atoms with E-state index in [9.17, 15) is 19.8 Å². The Bertz CT molecular complexity index is 1000. The molecule has 2 heterocycles. The van der Waals surface area contributed by atoms with Gasteiger partial charge in [0.05, 0.1) is 28.9 Å². The highest BCUT2D eigenvalue weighted by atomic mass is 35.5. The molecule has 3 rings (SSSR count). The fourth-order valence-corrected chi connectivity index (χ4v) is 3.74. The van der Waals surface area contributed by atoms with Crippen LogP contribution in [0.1, 0.15) is 20.9 Å². The molecule has 0 fully saturated rings. The molecule has 0 spiro atoms. The Balaban J connectivity index is 2.30. The summed E-state index contributed by atoms with van der Waals surface area (Å²) in [6.45, 7) is 1.68. The lowest BCUT2D eigenvalue weighted by Crippen LogP contribution is -2.12. The number of carboxylic acid groups (broad SMARTS) is 1. The average molecular weight is 380 g/mol. The molecule has 0 saturated heterocycles. The van der Waals surface area contributed by atoms with Gasteiger partial charge < -0.3 is 14.9 Å². The minimum atomic E-state index is -1.00. The topological polar surface area (TPSA) is 88.8 Å². The number of aliphatic carboxylic acids is 1. The Morgan fingerprint density at radius 2 is 2.04 bits per heavy atom. The van der Waals surface area contributed by atoms with E-state index in [0.717, 1.165) is 11.3 Å². The number of ether oxygens (including phenoxy) is 1. The fraction of sp³-hybridized carbons (Fsp3) is 0.176. The van der Waals surface area contributed by atoms with Crippen LogP contribution in [0, 0.1) is 6.92 Å². The Morgan fingerprint density at radius 3 is 2.60 bits per heavy atom. The molecule has 0 unspecified atom stereocenters. The first-order valence-electron chi connectivity index (χ1n) is 7.26. The van der Waals surface area contributed by atoms with Crippen LogP contribution in [-0.4, -0.2) is 33.8 Å². The first kappa shape index (κ1) is 17.3. The number of nitrogens with zero attached hydrogens (tertiary/aromatic N) is 1. The predicted molar refractivity (Wildman–Crippen MR) is 95.3 cm³/mol. The number of halogens is 1. The largest absolute Gasteiger partial charge is 0.499 e. The van der Waals surface area contributed by atoms with Gasteiger partial charge in [-0.2, -0.15) is 0 Å². The van der Waals surface area contributed by atoms with E-state index in [2.05, 4.69) is 0 Å². The number of carbonyl (C=O) groups excluding carboxylic acids is 1. The number of methoxy groups -OCH3 is 1. The van der Waals surface area contributed by atoms with E-state index < -0.39 is 5.97 Å². The molecule has 0 radical (unpaired) electrons. The quantitative estimate of drug-likeness (QED) is 0.721. The first-order chi connectivity index (χ1) is 11.8. The standard InChI is InChI=1S/C17H14ClNO5S/c1-8-9(6-15(20)21)10-5-13(24-2)11(18)7-12(10)19(8)17(23)14-3-4-16(22)25-14/h3-5,7,22H,6H2,1-2H3,(H,20,21). The van der Waals surface area contributed by atoms with Gasteiger partial charge in [-0.1, -0.05) is 22.9 Å². The summed E-state index contributed by atoms with van der Waals surface area (Å²) >= 11 is 7.15. The molecule has 2 N–H and O–H groups in total. The van der Waals surface area contributed by atoms with E-state index in [0.29, 0.717) is 37.8 Å². The van der Waals surface area contributed by atoms with Crippen LogP contribution in [-0.2, 0) is 11.2 Å². The number of hydrogen-bond acceptors (Lipinski definition) is 5. The van der Waals surface area contributed by atoms with Crippen molar-refractivity contribution in [3.8, 4) is 10.8 Å². The lowest BCUT2D eigenvalue weighted by atomic mass is 10.1. The Morgan fingerprint density at radius 1 is 1.32 bits per heavy atom. The number of benzene rings is 1. The van der Waals surface area contributed by atoms with Gasteiger partial charge in [0.2, 0.25) is 0 Å². The summed E-state index contributed by atoms with van der Waals surface area (Å²) in [4.78, 5) is 24.5. The molecule has 130 valence electrons. The van der Waals surface area contributed by atoms with Gasteiger partial charge >= 0.3 is 5.97 Å². The van der Waals surface area contributed by atoms with E-state index in [-0.39, 0.29) is 17.4 Å². The number of carbonyl (C=O) groups is 2. The maximum Gasteiger partial charge on any atom is 0.307 e. The lowest BCUT2D eigenvalue weighted by molar-refractivity contribution is -0.136. The Kier molecular flexibility index (Phi) is 4.45. The monoisotopic (exact) mass is 379 g/mol. The van der Waals surface area contributed by atoms with Gasteiger partial charge in [-0.25, -0.2) is 0 Å². The van der Waals surface area contributed by atoms with Crippen molar-refractivity contribution in [3.05, 3.63) is 45.4 Å². The maximum atomic E-state index is 12.9. The molecule has 0 amide bonds. The highest BCUT2D eigenvalue weighted by Gasteiger charge is 2.23. The molecule has 0 aliphatic heterocycles. The van der Waals surface area contributed by atoms with Gasteiger partial charge in [-0.15, -0.1) is 0 Å². The molecule has 0 aliphatic carbocycles. The number of hydrogen-bond donors (Lipinski definition) is 2. The highest BCUT2D eigenvalue weighted by molar-refractivity contribution is 7.15. The molecule has 8 heteroatoms. The molecular weight excluding hydrogens is 366 g/mol. The van der Waals surface area contributed by atoms with Crippen LogP contribution in [0.4, 0.5) is 0 Å². The summed E-state index contributed by atoms with van der Waals surface area (Å²) in [7, 11) is 1.47. The van der Waals surface area contributed by atoms with Crippen molar-refractivity contribution in [3.63, 3.8) is 0 Å². The van der Waals surface area contributed by atoms with Crippen molar-refractivity contribution in [2.45, 2.75) is 13.3 Å². The van der Waals surface area contributed by atoms with Crippen LogP contribution >= 0.6 is 22.9 Å². The zero-order valence-electron chi connectivity index (χ0n) is 13.4. The van der Waals surface area contributed by atoms with E-state index in [1.807, 2.05) is 0 Å². The minimum absolute atomic E-state index is 0.0305. The third kappa shape index (κ3) is 2.96. The summed E-state index contributed by atoms with van der Waals surface area (Å²) in [6, 6.07) is 6.18. The predicted octanol–water partition coefficient (Wildman–Crippen LogP) is 3.69. The molecule has 25 heavy (non-hydrogen) atoms. The second-order valence-corrected chi connectivity index (χ2v) is 6.89. The average Bonchev–Trinajstić information content (AvgIpc) is 3.08. The maximum absolute atomic E-state index is 12.9. The Hall–Kier alpha value is -2.51. The van der Waals surface area contributed by atoms with Crippen molar-refractivity contribution in [2.24, 2.45) is 0 Å². The number of fused-ring (bicyclic) bond motifs is 1. The number of aromatic hydroxyl groups is 1. The SMILES string of the molecule is COc1cc2c(CC(=O)O)c(C)n(C(=O)c3ccc(O)s3)c2cc1Cl. The van der Waals surface area contributed by atoms with Crippen molar-refractivity contribution in [2.75, 3.05) is 7.11 Å². The first-order valence-corrected chi connectivity index (χ1v) is 8.45. The van der Waals surface area contributed by atoms with Crippen LogP contribution in [0.15, 0.2) is 24.3 Å². The molecule has 2 aromatic heterocycles. The van der Waals surface area contributed by atoms with Crippen molar-refractivity contribution >= 4 is 45.7 Å². The van der Waals surface area contributed by atoms with E-state index in [1.165, 1.54) is 23.8 Å². The molecule has 0 atom stereocenters. The molecule has 1 aromatic carbocycles. The molecule has 0 saturated carbocycles. The van der Waals surface area contributed by atoms with E-state index in [4.69, 9.17) is 16.3 Å². The van der Waals surface area contributed by atoms with Crippen LogP contribution in [0.5, 0.6) is 10.8 Å². The summed E-state index contributed by atoms with van der Waals surface area (Å²) in [5, 5.41) is 19.7. The minimum Gasteiger partial charge on any atom is -0.499 e. The van der Waals surface area contributed by atoms with Crippen molar-refractivity contribution < 1.29 is 24.5 Å². The van der Waals surface area contributed by atoms with Crippen molar-refractivity contribution in [1.29, 1.82) is 0 Å². The third-order valence-corrected chi connectivity index (χ3v) is 5.11. The lowest BCUT2D eigenvalue weighted by Gasteiger charge is -2.07.